The maximum Gasteiger partial charge on any atom is 0.338 e. The number of benzene rings is 2. The minimum atomic E-state index is -0.388. The summed E-state index contributed by atoms with van der Waals surface area (Å²) in [5.41, 5.74) is 2.66. The van der Waals surface area contributed by atoms with E-state index in [9.17, 15) is 14.9 Å². The molecule has 0 fully saturated rings. The van der Waals surface area contributed by atoms with E-state index in [0.29, 0.717) is 16.7 Å². The predicted octanol–water partition coefficient (Wildman–Crippen LogP) is 1.39. The number of unbranched alkanes of at least 4 members (excludes halogenated alkanes) is 1. The van der Waals surface area contributed by atoms with Gasteiger partial charge in [0.05, 0.1) is 38.2 Å². The molecule has 0 radical (unpaired) electrons. The molecule has 0 N–H and O–H groups in total. The smallest absolute Gasteiger partial charge is 0.338 e. The third-order valence-electron chi connectivity index (χ3n) is 4.85. The lowest BCUT2D eigenvalue weighted by Crippen LogP contribution is -3.00. The number of fused-ring (bicyclic) bond motifs is 1. The van der Waals surface area contributed by atoms with Crippen LogP contribution in [0.4, 0.5) is 11.4 Å². The number of carbonyl (C=O) groups is 1. The van der Waals surface area contributed by atoms with Gasteiger partial charge in [0.2, 0.25) is 0 Å². The van der Waals surface area contributed by atoms with Crippen molar-refractivity contribution in [2.75, 3.05) is 27.7 Å². The highest BCUT2D eigenvalue weighted by Gasteiger charge is 2.15. The first-order chi connectivity index (χ1) is 13.8. The number of esters is 1. The standard InChI is InChI=1S/C22H26N3O4.HI/c1-25(2,3)20-8-6-7-18(16-20)22(26)29-14-5-4-12-23-13-11-17-15-19(24(27)28)9-10-21(17)23;/h6-11,13,15-16H,4-5,12,14H2,1-3H3;1H/q+1;/p-1. The molecule has 0 aliphatic heterocycles. The van der Waals surface area contributed by atoms with E-state index in [4.69, 9.17) is 4.74 Å². The second-order valence-electron chi connectivity index (χ2n) is 7.92. The van der Waals surface area contributed by atoms with Gasteiger partial charge in [0.25, 0.3) is 5.69 Å². The molecule has 160 valence electrons. The minimum absolute atomic E-state index is 0. The number of hydrogen-bond donors (Lipinski definition) is 0. The molecule has 0 saturated carbocycles. The summed E-state index contributed by atoms with van der Waals surface area (Å²) in [5, 5.41) is 11.7. The van der Waals surface area contributed by atoms with Crippen LogP contribution in [-0.2, 0) is 11.3 Å². The Morgan fingerprint density at radius 2 is 1.87 bits per heavy atom. The van der Waals surface area contributed by atoms with Crippen molar-refractivity contribution >= 4 is 28.2 Å². The highest BCUT2D eigenvalue weighted by Crippen LogP contribution is 2.22. The highest BCUT2D eigenvalue weighted by atomic mass is 127. The molecule has 0 unspecified atom stereocenters. The van der Waals surface area contributed by atoms with Crippen molar-refractivity contribution in [3.63, 3.8) is 0 Å². The molecular formula is C22H26IN3O4. The Bertz CT molecular complexity index is 1040. The van der Waals surface area contributed by atoms with E-state index in [0.717, 1.165) is 36.0 Å². The van der Waals surface area contributed by atoms with Crippen molar-refractivity contribution in [3.05, 3.63) is 70.4 Å². The van der Waals surface area contributed by atoms with Gasteiger partial charge in [-0.05, 0) is 37.1 Å². The first-order valence-electron chi connectivity index (χ1n) is 9.58. The Morgan fingerprint density at radius 3 is 2.57 bits per heavy atom. The number of nitro groups is 1. The summed E-state index contributed by atoms with van der Waals surface area (Å²) in [7, 11) is 6.15. The SMILES string of the molecule is C[N+](C)(C)c1cccc(C(=O)OCCCCn2ccc3cc([N+](=O)[O-])ccc32)c1.[I-]. The second-order valence-corrected chi connectivity index (χ2v) is 7.92. The summed E-state index contributed by atoms with van der Waals surface area (Å²) < 4.78 is 8.11. The zero-order chi connectivity index (χ0) is 21.0. The molecule has 2 aromatic carbocycles. The van der Waals surface area contributed by atoms with Crippen LogP contribution in [0.25, 0.3) is 10.9 Å². The zero-order valence-electron chi connectivity index (χ0n) is 17.4. The quantitative estimate of drug-likeness (QED) is 0.112. The summed E-state index contributed by atoms with van der Waals surface area (Å²) in [6.07, 6.45) is 3.51. The van der Waals surface area contributed by atoms with Crippen LogP contribution in [-0.4, -0.2) is 43.2 Å². The minimum Gasteiger partial charge on any atom is -1.00 e. The largest absolute Gasteiger partial charge is 1.00 e. The summed E-state index contributed by atoms with van der Waals surface area (Å²) in [4.78, 5) is 22.8. The van der Waals surface area contributed by atoms with Crippen molar-refractivity contribution in [1.82, 2.24) is 9.05 Å². The van der Waals surface area contributed by atoms with Crippen LogP contribution >= 0.6 is 0 Å². The van der Waals surface area contributed by atoms with Gasteiger partial charge in [-0.15, -0.1) is 0 Å². The number of aromatic nitrogens is 1. The van der Waals surface area contributed by atoms with Crippen molar-refractivity contribution < 1.29 is 38.4 Å². The van der Waals surface area contributed by atoms with E-state index < -0.39 is 0 Å². The number of hydrogen-bond acceptors (Lipinski definition) is 4. The van der Waals surface area contributed by atoms with E-state index in [1.165, 1.54) is 6.07 Å². The zero-order valence-corrected chi connectivity index (χ0v) is 19.5. The average Bonchev–Trinajstić information content (AvgIpc) is 3.09. The molecule has 30 heavy (non-hydrogen) atoms. The van der Waals surface area contributed by atoms with Crippen LogP contribution < -0.4 is 28.5 Å². The number of halogens is 1. The molecule has 0 aliphatic carbocycles. The molecular weight excluding hydrogens is 497 g/mol. The monoisotopic (exact) mass is 523 g/mol. The van der Waals surface area contributed by atoms with Crippen LogP contribution in [0.15, 0.2) is 54.7 Å². The van der Waals surface area contributed by atoms with Crippen LogP contribution in [0, 0.1) is 10.1 Å². The van der Waals surface area contributed by atoms with E-state index >= 15 is 0 Å². The van der Waals surface area contributed by atoms with Crippen molar-refractivity contribution in [2.24, 2.45) is 0 Å². The van der Waals surface area contributed by atoms with Gasteiger partial charge in [-0.3, -0.25) is 14.6 Å². The van der Waals surface area contributed by atoms with Gasteiger partial charge in [-0.25, -0.2) is 4.79 Å². The fraction of sp³-hybridized carbons (Fsp3) is 0.318. The highest BCUT2D eigenvalue weighted by molar-refractivity contribution is 5.90. The van der Waals surface area contributed by atoms with Gasteiger partial charge in [0, 0.05) is 41.8 Å². The molecule has 7 nitrogen and oxygen atoms in total. The molecule has 1 heterocycles. The number of nitrogens with zero attached hydrogens (tertiary/aromatic N) is 3. The van der Waals surface area contributed by atoms with Gasteiger partial charge in [-0.1, -0.05) is 6.07 Å². The molecule has 0 saturated heterocycles. The van der Waals surface area contributed by atoms with Crippen LogP contribution in [0.2, 0.25) is 0 Å². The van der Waals surface area contributed by atoms with Crippen molar-refractivity contribution in [3.8, 4) is 0 Å². The molecule has 0 aliphatic rings. The maximum atomic E-state index is 12.3. The molecule has 0 bridgehead atoms. The first kappa shape index (κ1) is 23.8. The first-order valence-corrected chi connectivity index (χ1v) is 9.58. The van der Waals surface area contributed by atoms with Gasteiger partial charge in [-0.2, -0.15) is 0 Å². The van der Waals surface area contributed by atoms with E-state index in [-0.39, 0.29) is 40.6 Å². The summed E-state index contributed by atoms with van der Waals surface area (Å²) in [6, 6.07) is 14.3. The Balaban J connectivity index is 0.00000320. The van der Waals surface area contributed by atoms with Crippen molar-refractivity contribution in [1.29, 1.82) is 0 Å². The lowest BCUT2D eigenvalue weighted by Gasteiger charge is -2.23. The Kier molecular flexibility index (Phi) is 7.96. The van der Waals surface area contributed by atoms with Gasteiger partial charge >= 0.3 is 5.97 Å². The number of quaternary nitrogens is 1. The molecule has 8 heteroatoms. The molecule has 0 atom stereocenters. The molecule has 0 spiro atoms. The Hall–Kier alpha value is -2.46. The van der Waals surface area contributed by atoms with E-state index in [2.05, 4.69) is 4.57 Å². The van der Waals surface area contributed by atoms with Crippen LogP contribution in [0.3, 0.4) is 0 Å². The normalized spacial score (nSPS) is 11.2. The Labute approximate surface area is 193 Å². The van der Waals surface area contributed by atoms with E-state index in [1.807, 2.05) is 51.6 Å². The summed E-state index contributed by atoms with van der Waals surface area (Å²) in [5.74, 6) is -0.306. The number of non-ortho nitro benzene ring substituents is 1. The molecule has 0 amide bonds. The third-order valence-corrected chi connectivity index (χ3v) is 4.85. The maximum absolute atomic E-state index is 12.3. The molecule has 3 rings (SSSR count). The summed E-state index contributed by atoms with van der Waals surface area (Å²) >= 11 is 0. The van der Waals surface area contributed by atoms with Crippen LogP contribution in [0.1, 0.15) is 23.2 Å². The fourth-order valence-electron chi connectivity index (χ4n) is 3.18. The summed E-state index contributed by atoms with van der Waals surface area (Å²) in [6.45, 7) is 1.12. The van der Waals surface area contributed by atoms with Gasteiger partial charge < -0.3 is 33.3 Å². The van der Waals surface area contributed by atoms with Gasteiger partial charge in [0.1, 0.15) is 5.69 Å². The Morgan fingerprint density at radius 1 is 1.10 bits per heavy atom. The number of carbonyl (C=O) groups excluding carboxylic acids is 1. The third kappa shape index (κ3) is 5.79. The fourth-order valence-corrected chi connectivity index (χ4v) is 3.18. The lowest BCUT2D eigenvalue weighted by atomic mass is 10.2. The van der Waals surface area contributed by atoms with Gasteiger partial charge in [0.15, 0.2) is 0 Å². The average molecular weight is 523 g/mol. The number of rotatable bonds is 8. The molecule has 1 aromatic heterocycles. The second kappa shape index (κ2) is 10.0. The topological polar surface area (TPSA) is 74.4 Å². The van der Waals surface area contributed by atoms with Crippen LogP contribution in [0.5, 0.6) is 0 Å². The number of aryl methyl sites for hydroxylation is 1. The number of ether oxygens (including phenoxy) is 1. The number of nitro benzene ring substituents is 1. The predicted molar refractivity (Wildman–Crippen MR) is 114 cm³/mol. The molecule has 3 aromatic rings. The lowest BCUT2D eigenvalue weighted by molar-refractivity contribution is -0.384. The van der Waals surface area contributed by atoms with Crippen molar-refractivity contribution in [2.45, 2.75) is 19.4 Å². The van der Waals surface area contributed by atoms with E-state index in [1.54, 1.807) is 18.2 Å².